The van der Waals surface area contributed by atoms with Gasteiger partial charge in [0.25, 0.3) is 5.89 Å². The minimum atomic E-state index is -3.28. The number of aromatic nitrogens is 2. The summed E-state index contributed by atoms with van der Waals surface area (Å²) < 4.78 is 29.9. The molecule has 3 rings (SSSR count). The second-order valence-electron chi connectivity index (χ2n) is 5.38. The van der Waals surface area contributed by atoms with Gasteiger partial charge >= 0.3 is 0 Å². The van der Waals surface area contributed by atoms with Crippen molar-refractivity contribution in [2.75, 3.05) is 11.0 Å². The summed E-state index contributed by atoms with van der Waals surface area (Å²) in [5.41, 5.74) is 6.89. The van der Waals surface area contributed by atoms with Gasteiger partial charge in [-0.2, -0.15) is 4.98 Å². The molecule has 1 aliphatic rings. The maximum atomic E-state index is 11.1. The molecule has 9 heteroatoms. The Bertz CT molecular complexity index is 754. The number of halogens is 1. The topological polar surface area (TPSA) is 111 Å². The first-order chi connectivity index (χ1) is 9.86. The van der Waals surface area contributed by atoms with Crippen LogP contribution >= 0.6 is 12.4 Å². The van der Waals surface area contributed by atoms with Gasteiger partial charge in [0.1, 0.15) is 0 Å². The number of nitrogens with one attached hydrogen (secondary N) is 1. The quantitative estimate of drug-likeness (QED) is 0.875. The third kappa shape index (κ3) is 3.40. The summed E-state index contributed by atoms with van der Waals surface area (Å²) in [6, 6.07) is 6.72. The largest absolute Gasteiger partial charge is 0.334 e. The first-order valence-corrected chi connectivity index (χ1v) is 8.46. The van der Waals surface area contributed by atoms with Crippen LogP contribution in [0.25, 0.3) is 11.5 Å². The van der Waals surface area contributed by atoms with Crippen molar-refractivity contribution in [1.29, 1.82) is 0 Å². The fraction of sp³-hybridized carbons (Fsp3) is 0.385. The highest BCUT2D eigenvalue weighted by Gasteiger charge is 2.39. The van der Waals surface area contributed by atoms with Crippen LogP contribution in [0.5, 0.6) is 0 Å². The fourth-order valence-electron chi connectivity index (χ4n) is 2.22. The molecular weight excluding hydrogens is 328 g/mol. The van der Waals surface area contributed by atoms with E-state index in [2.05, 4.69) is 14.9 Å². The lowest BCUT2D eigenvalue weighted by Gasteiger charge is -2.34. The van der Waals surface area contributed by atoms with Crippen LogP contribution in [0.2, 0.25) is 0 Å². The van der Waals surface area contributed by atoms with E-state index in [4.69, 9.17) is 10.3 Å². The molecule has 0 spiro atoms. The Morgan fingerprint density at radius 2 is 1.91 bits per heavy atom. The summed E-state index contributed by atoms with van der Waals surface area (Å²) in [6.45, 7) is 0. The van der Waals surface area contributed by atoms with Crippen LogP contribution in [0.1, 0.15) is 25.1 Å². The molecule has 1 fully saturated rings. The van der Waals surface area contributed by atoms with Gasteiger partial charge in [-0.25, -0.2) is 8.42 Å². The van der Waals surface area contributed by atoms with Gasteiger partial charge in [-0.3, -0.25) is 4.72 Å². The van der Waals surface area contributed by atoms with Crippen LogP contribution in [-0.2, 0) is 15.6 Å². The molecule has 0 aliphatic heterocycles. The number of benzene rings is 1. The summed E-state index contributed by atoms with van der Waals surface area (Å²) >= 11 is 0. The predicted octanol–water partition coefficient (Wildman–Crippen LogP) is 1.87. The average Bonchev–Trinajstić information content (AvgIpc) is 2.85. The van der Waals surface area contributed by atoms with Crippen molar-refractivity contribution in [2.24, 2.45) is 5.73 Å². The van der Waals surface area contributed by atoms with Crippen molar-refractivity contribution in [3.8, 4) is 11.5 Å². The lowest BCUT2D eigenvalue weighted by Crippen LogP contribution is -2.44. The van der Waals surface area contributed by atoms with E-state index >= 15 is 0 Å². The second kappa shape index (κ2) is 5.86. The maximum absolute atomic E-state index is 11.1. The molecule has 7 nitrogen and oxygen atoms in total. The smallest absolute Gasteiger partial charge is 0.257 e. The van der Waals surface area contributed by atoms with Crippen LogP contribution in [0.3, 0.4) is 0 Å². The first-order valence-electron chi connectivity index (χ1n) is 6.57. The number of hydrogen-bond acceptors (Lipinski definition) is 6. The summed E-state index contributed by atoms with van der Waals surface area (Å²) in [5.74, 6) is 0.912. The van der Waals surface area contributed by atoms with E-state index in [0.29, 0.717) is 17.4 Å². The van der Waals surface area contributed by atoms with Gasteiger partial charge in [-0.15, -0.1) is 12.4 Å². The van der Waals surface area contributed by atoms with Crippen molar-refractivity contribution in [3.63, 3.8) is 0 Å². The maximum Gasteiger partial charge on any atom is 0.257 e. The third-order valence-corrected chi connectivity index (χ3v) is 4.16. The normalized spacial score (nSPS) is 16.5. The summed E-state index contributed by atoms with van der Waals surface area (Å²) in [6.07, 6.45) is 3.91. The SMILES string of the molecule is CS(=O)(=O)Nc1ccc(-c2nc(C3(N)CCC3)no2)cc1.Cl. The van der Waals surface area contributed by atoms with E-state index in [1.165, 1.54) is 0 Å². The molecule has 1 aromatic carbocycles. The molecule has 0 amide bonds. The van der Waals surface area contributed by atoms with Crippen LogP contribution in [0, 0.1) is 0 Å². The number of anilines is 1. The Hall–Kier alpha value is -1.64. The van der Waals surface area contributed by atoms with Crippen LogP contribution < -0.4 is 10.5 Å². The van der Waals surface area contributed by atoms with Gasteiger partial charge in [-0.05, 0) is 43.5 Å². The number of sulfonamides is 1. The Kier molecular flexibility index (Phi) is 4.46. The molecule has 0 unspecified atom stereocenters. The van der Waals surface area contributed by atoms with Gasteiger partial charge < -0.3 is 10.3 Å². The molecule has 1 heterocycles. The summed E-state index contributed by atoms with van der Waals surface area (Å²) in [5, 5.41) is 3.95. The molecule has 1 aliphatic carbocycles. The monoisotopic (exact) mass is 344 g/mol. The molecule has 22 heavy (non-hydrogen) atoms. The van der Waals surface area contributed by atoms with Crippen molar-refractivity contribution in [3.05, 3.63) is 30.1 Å². The van der Waals surface area contributed by atoms with Crippen LogP contribution in [0.15, 0.2) is 28.8 Å². The minimum Gasteiger partial charge on any atom is -0.334 e. The van der Waals surface area contributed by atoms with E-state index in [1.807, 2.05) is 0 Å². The fourth-order valence-corrected chi connectivity index (χ4v) is 2.78. The lowest BCUT2D eigenvalue weighted by atomic mass is 9.77. The average molecular weight is 345 g/mol. The molecule has 0 atom stereocenters. The van der Waals surface area contributed by atoms with E-state index in [0.717, 1.165) is 31.1 Å². The van der Waals surface area contributed by atoms with Gasteiger partial charge in [-0.1, -0.05) is 5.16 Å². The molecular formula is C13H17ClN4O3S. The third-order valence-electron chi connectivity index (χ3n) is 3.55. The van der Waals surface area contributed by atoms with Crippen molar-refractivity contribution >= 4 is 28.1 Å². The lowest BCUT2D eigenvalue weighted by molar-refractivity contribution is 0.229. The van der Waals surface area contributed by atoms with Crippen molar-refractivity contribution in [2.45, 2.75) is 24.8 Å². The zero-order chi connectivity index (χ0) is 15.1. The number of nitrogens with two attached hydrogens (primary N) is 1. The predicted molar refractivity (Wildman–Crippen MR) is 85.2 cm³/mol. The van der Waals surface area contributed by atoms with E-state index in [1.54, 1.807) is 24.3 Å². The minimum absolute atomic E-state index is 0. The second-order valence-corrected chi connectivity index (χ2v) is 7.13. The Labute approximate surface area is 134 Å². The zero-order valence-electron chi connectivity index (χ0n) is 11.9. The van der Waals surface area contributed by atoms with E-state index in [-0.39, 0.29) is 12.4 Å². The Morgan fingerprint density at radius 1 is 1.27 bits per heavy atom. The van der Waals surface area contributed by atoms with Gasteiger partial charge in [0.05, 0.1) is 11.8 Å². The highest BCUT2D eigenvalue weighted by molar-refractivity contribution is 7.92. The number of rotatable bonds is 4. The zero-order valence-corrected chi connectivity index (χ0v) is 13.6. The highest BCUT2D eigenvalue weighted by atomic mass is 35.5. The molecule has 1 aromatic heterocycles. The summed E-state index contributed by atoms with van der Waals surface area (Å²) in [4.78, 5) is 4.34. The molecule has 2 aromatic rings. The molecule has 0 saturated heterocycles. The Balaban J connectivity index is 0.00000176. The van der Waals surface area contributed by atoms with Crippen molar-refractivity contribution in [1.82, 2.24) is 10.1 Å². The first kappa shape index (κ1) is 16.7. The number of hydrogen-bond donors (Lipinski definition) is 2. The van der Waals surface area contributed by atoms with Gasteiger partial charge in [0.2, 0.25) is 10.0 Å². The van der Waals surface area contributed by atoms with E-state index in [9.17, 15) is 8.42 Å². The molecule has 1 saturated carbocycles. The molecule has 0 bridgehead atoms. The molecule has 120 valence electrons. The molecule has 3 N–H and O–H groups in total. The summed E-state index contributed by atoms with van der Waals surface area (Å²) in [7, 11) is -3.28. The van der Waals surface area contributed by atoms with Gasteiger partial charge in [0.15, 0.2) is 5.82 Å². The number of nitrogens with zero attached hydrogens (tertiary/aromatic N) is 2. The standard InChI is InChI=1S/C13H16N4O3S.ClH/c1-21(18,19)17-10-5-3-9(4-6-10)11-15-12(16-20-11)13(14)7-2-8-13;/h3-6,17H,2,7-8,14H2,1H3;1H. The molecule has 0 radical (unpaired) electrons. The van der Waals surface area contributed by atoms with Crippen LogP contribution in [0.4, 0.5) is 5.69 Å². The van der Waals surface area contributed by atoms with E-state index < -0.39 is 15.6 Å². The Morgan fingerprint density at radius 3 is 2.41 bits per heavy atom. The van der Waals surface area contributed by atoms with Gasteiger partial charge in [0, 0.05) is 11.3 Å². The van der Waals surface area contributed by atoms with Crippen molar-refractivity contribution < 1.29 is 12.9 Å². The van der Waals surface area contributed by atoms with Crippen LogP contribution in [-0.4, -0.2) is 24.8 Å². The highest BCUT2D eigenvalue weighted by Crippen LogP contribution is 2.37.